The summed E-state index contributed by atoms with van der Waals surface area (Å²) in [6.45, 7) is 1.73. The van der Waals surface area contributed by atoms with E-state index in [4.69, 9.17) is 4.74 Å². The lowest BCUT2D eigenvalue weighted by molar-refractivity contribution is -0.125. The Labute approximate surface area is 138 Å². The number of aliphatic hydroxyl groups excluding tert-OH is 1. The molecule has 122 valence electrons. The minimum absolute atomic E-state index is 0.0139. The van der Waals surface area contributed by atoms with Crippen LogP contribution in [-0.2, 0) is 11.4 Å². The summed E-state index contributed by atoms with van der Waals surface area (Å²) in [5, 5.41) is 9.24. The Morgan fingerprint density at radius 1 is 1.29 bits per heavy atom. The second kappa shape index (κ2) is 5.35. The summed E-state index contributed by atoms with van der Waals surface area (Å²) >= 11 is 0. The molecule has 3 heterocycles. The number of rotatable bonds is 2. The highest BCUT2D eigenvalue weighted by Gasteiger charge is 2.29. The fourth-order valence-corrected chi connectivity index (χ4v) is 2.93. The van der Waals surface area contributed by atoms with Gasteiger partial charge in [-0.25, -0.2) is 4.98 Å². The van der Waals surface area contributed by atoms with E-state index >= 15 is 0 Å². The molecular weight excluding hydrogens is 306 g/mol. The van der Waals surface area contributed by atoms with Gasteiger partial charge in [0.1, 0.15) is 11.4 Å². The molecule has 6 heteroatoms. The number of carbonyl (C=O) groups excluding carboxylic acids is 1. The first-order chi connectivity index (χ1) is 11.6. The number of ether oxygens (including phenoxy) is 1. The second-order valence-corrected chi connectivity index (χ2v) is 5.92. The Bertz CT molecular complexity index is 948. The topological polar surface area (TPSA) is 67.1 Å². The van der Waals surface area contributed by atoms with Crippen LogP contribution in [-0.4, -0.2) is 33.6 Å². The lowest BCUT2D eigenvalue weighted by Crippen LogP contribution is -2.41. The molecule has 0 aliphatic carbocycles. The summed E-state index contributed by atoms with van der Waals surface area (Å²) in [4.78, 5) is 18.3. The molecule has 6 nitrogen and oxygen atoms in total. The van der Waals surface area contributed by atoms with Gasteiger partial charge in [0.05, 0.1) is 18.0 Å². The molecule has 1 unspecified atom stereocenters. The standard InChI is InChI=1S/C18H17N3O3/c1-11-18(23)20(2)15-8-13(3-4-16(15)24-11)14-9-21-6-5-12(10-22)7-17(21)19-14/h3-9,11,22H,10H2,1-2H3. The smallest absolute Gasteiger partial charge is 0.267 e. The van der Waals surface area contributed by atoms with Crippen LogP contribution in [0.2, 0.25) is 0 Å². The van der Waals surface area contributed by atoms with Crippen LogP contribution in [0.3, 0.4) is 0 Å². The van der Waals surface area contributed by atoms with E-state index in [1.165, 1.54) is 0 Å². The molecule has 1 aliphatic heterocycles. The quantitative estimate of drug-likeness (QED) is 0.785. The summed E-state index contributed by atoms with van der Waals surface area (Å²) in [7, 11) is 1.75. The first-order valence-electron chi connectivity index (χ1n) is 7.74. The third-order valence-electron chi connectivity index (χ3n) is 4.31. The van der Waals surface area contributed by atoms with Crippen molar-refractivity contribution in [1.82, 2.24) is 9.38 Å². The van der Waals surface area contributed by atoms with E-state index in [0.717, 1.165) is 28.2 Å². The highest BCUT2D eigenvalue weighted by molar-refractivity contribution is 6.00. The molecule has 1 atom stereocenters. The van der Waals surface area contributed by atoms with Crippen molar-refractivity contribution in [3.63, 3.8) is 0 Å². The molecule has 4 rings (SSSR count). The van der Waals surface area contributed by atoms with Crippen molar-refractivity contribution >= 4 is 17.2 Å². The summed E-state index contributed by atoms with van der Waals surface area (Å²) in [6, 6.07) is 9.42. The minimum atomic E-state index is -0.472. The van der Waals surface area contributed by atoms with Gasteiger partial charge in [0, 0.05) is 25.0 Å². The van der Waals surface area contributed by atoms with Crippen molar-refractivity contribution in [2.24, 2.45) is 0 Å². The molecule has 0 radical (unpaired) electrons. The van der Waals surface area contributed by atoms with Gasteiger partial charge >= 0.3 is 0 Å². The van der Waals surface area contributed by atoms with E-state index < -0.39 is 6.10 Å². The SMILES string of the molecule is CC1Oc2ccc(-c3cn4ccc(CO)cc4n3)cc2N(C)C1=O. The normalized spacial score (nSPS) is 17.0. The number of imidazole rings is 1. The number of pyridine rings is 1. The Kier molecular flexibility index (Phi) is 3.28. The summed E-state index contributed by atoms with van der Waals surface area (Å²) in [5.41, 5.74) is 4.03. The molecule has 1 N–H and O–H groups in total. The maximum Gasteiger partial charge on any atom is 0.267 e. The van der Waals surface area contributed by atoms with Crippen LogP contribution in [0.5, 0.6) is 5.75 Å². The maximum absolute atomic E-state index is 12.1. The molecule has 2 aromatic heterocycles. The zero-order valence-electron chi connectivity index (χ0n) is 13.4. The number of anilines is 1. The number of aromatic nitrogens is 2. The number of benzene rings is 1. The molecule has 1 aromatic carbocycles. The van der Waals surface area contributed by atoms with Crippen LogP contribution >= 0.6 is 0 Å². The van der Waals surface area contributed by atoms with Crippen LogP contribution in [0.1, 0.15) is 12.5 Å². The summed E-state index contributed by atoms with van der Waals surface area (Å²) in [5.74, 6) is 0.627. The highest BCUT2D eigenvalue weighted by atomic mass is 16.5. The van der Waals surface area contributed by atoms with Gasteiger partial charge in [-0.3, -0.25) is 4.79 Å². The van der Waals surface area contributed by atoms with Crippen molar-refractivity contribution < 1.29 is 14.6 Å². The fraction of sp³-hybridized carbons (Fsp3) is 0.222. The first kappa shape index (κ1) is 14.7. The monoisotopic (exact) mass is 323 g/mol. The third kappa shape index (κ3) is 2.23. The Hall–Kier alpha value is -2.86. The number of fused-ring (bicyclic) bond motifs is 2. The van der Waals surface area contributed by atoms with Crippen LogP contribution < -0.4 is 9.64 Å². The minimum Gasteiger partial charge on any atom is -0.479 e. The molecule has 0 spiro atoms. The molecule has 0 bridgehead atoms. The molecule has 1 amide bonds. The van der Waals surface area contributed by atoms with Crippen LogP contribution in [0.25, 0.3) is 16.9 Å². The average molecular weight is 323 g/mol. The second-order valence-electron chi connectivity index (χ2n) is 5.92. The van der Waals surface area contributed by atoms with Gasteiger partial charge in [-0.1, -0.05) is 0 Å². The fourth-order valence-electron chi connectivity index (χ4n) is 2.93. The highest BCUT2D eigenvalue weighted by Crippen LogP contribution is 2.36. The van der Waals surface area contributed by atoms with E-state index in [9.17, 15) is 9.90 Å². The maximum atomic E-state index is 12.1. The van der Waals surface area contributed by atoms with Gasteiger partial charge < -0.3 is 19.1 Å². The molecule has 0 saturated carbocycles. The van der Waals surface area contributed by atoms with E-state index in [1.807, 2.05) is 47.1 Å². The largest absolute Gasteiger partial charge is 0.479 e. The van der Waals surface area contributed by atoms with Gasteiger partial charge in [-0.05, 0) is 42.8 Å². The number of hydrogen-bond acceptors (Lipinski definition) is 4. The number of nitrogens with zero attached hydrogens (tertiary/aromatic N) is 3. The van der Waals surface area contributed by atoms with E-state index in [0.29, 0.717) is 5.75 Å². The molecule has 1 aliphatic rings. The van der Waals surface area contributed by atoms with Crippen molar-refractivity contribution in [3.05, 3.63) is 48.3 Å². The van der Waals surface area contributed by atoms with Crippen LogP contribution in [0.4, 0.5) is 5.69 Å². The zero-order chi connectivity index (χ0) is 16.8. The van der Waals surface area contributed by atoms with Gasteiger partial charge in [0.25, 0.3) is 5.91 Å². The zero-order valence-corrected chi connectivity index (χ0v) is 13.4. The van der Waals surface area contributed by atoms with Gasteiger partial charge in [-0.2, -0.15) is 0 Å². The van der Waals surface area contributed by atoms with Gasteiger partial charge in [0.2, 0.25) is 0 Å². The van der Waals surface area contributed by atoms with E-state index in [1.54, 1.807) is 18.9 Å². The molecule has 0 fully saturated rings. The number of hydrogen-bond donors (Lipinski definition) is 1. The summed E-state index contributed by atoms with van der Waals surface area (Å²) in [6.07, 6.45) is 3.32. The van der Waals surface area contributed by atoms with Crippen molar-refractivity contribution in [3.8, 4) is 17.0 Å². The number of carbonyl (C=O) groups is 1. The molecular formula is C18H17N3O3. The van der Waals surface area contributed by atoms with Gasteiger partial charge in [0.15, 0.2) is 6.10 Å². The number of likely N-dealkylation sites (N-methyl/N-ethyl adjacent to an activating group) is 1. The van der Waals surface area contributed by atoms with Crippen molar-refractivity contribution in [2.75, 3.05) is 11.9 Å². The van der Waals surface area contributed by atoms with Crippen molar-refractivity contribution in [1.29, 1.82) is 0 Å². The average Bonchev–Trinajstić information content (AvgIpc) is 3.02. The van der Waals surface area contributed by atoms with Gasteiger partial charge in [-0.15, -0.1) is 0 Å². The third-order valence-corrected chi connectivity index (χ3v) is 4.31. The molecule has 24 heavy (non-hydrogen) atoms. The molecule has 3 aromatic rings. The summed E-state index contributed by atoms with van der Waals surface area (Å²) < 4.78 is 7.55. The number of amides is 1. The Morgan fingerprint density at radius 2 is 2.12 bits per heavy atom. The first-order valence-corrected chi connectivity index (χ1v) is 7.74. The molecule has 0 saturated heterocycles. The Morgan fingerprint density at radius 3 is 2.92 bits per heavy atom. The van der Waals surface area contributed by atoms with Crippen LogP contribution in [0, 0.1) is 0 Å². The number of aliphatic hydroxyl groups is 1. The van der Waals surface area contributed by atoms with Crippen LogP contribution in [0.15, 0.2) is 42.7 Å². The van der Waals surface area contributed by atoms with Crippen molar-refractivity contribution in [2.45, 2.75) is 19.6 Å². The van der Waals surface area contributed by atoms with E-state index in [-0.39, 0.29) is 12.5 Å². The Balaban J connectivity index is 1.79. The lowest BCUT2D eigenvalue weighted by Gasteiger charge is -2.30. The lowest BCUT2D eigenvalue weighted by atomic mass is 10.1. The van der Waals surface area contributed by atoms with E-state index in [2.05, 4.69) is 4.98 Å². The predicted molar refractivity (Wildman–Crippen MR) is 90.1 cm³/mol. The predicted octanol–water partition coefficient (Wildman–Crippen LogP) is 2.24.